The normalized spacial score (nSPS) is 10.5. The van der Waals surface area contributed by atoms with E-state index in [-0.39, 0.29) is 11.3 Å². The summed E-state index contributed by atoms with van der Waals surface area (Å²) >= 11 is 0. The van der Waals surface area contributed by atoms with Gasteiger partial charge >= 0.3 is 5.97 Å². The molecule has 0 aromatic heterocycles. The predicted octanol–water partition coefficient (Wildman–Crippen LogP) is 3.60. The number of carbonyl (C=O) groups excluding carboxylic acids is 2. The number of nitro groups is 1. The summed E-state index contributed by atoms with van der Waals surface area (Å²) in [7, 11) is 2.97. The predicted molar refractivity (Wildman–Crippen MR) is 119 cm³/mol. The average Bonchev–Trinajstić information content (AvgIpc) is 2.84. The molecule has 0 saturated heterocycles. The van der Waals surface area contributed by atoms with Crippen molar-refractivity contribution in [1.29, 1.82) is 0 Å². The fourth-order valence-electron chi connectivity index (χ4n) is 2.74. The quantitative estimate of drug-likeness (QED) is 0.183. The number of hydrogen-bond acceptors (Lipinski definition) is 8. The lowest BCUT2D eigenvalue weighted by atomic mass is 10.2. The number of methoxy groups -OCH3 is 2. The smallest absolute Gasteiger partial charge is 0.343 e. The van der Waals surface area contributed by atoms with E-state index in [1.165, 1.54) is 44.7 Å². The van der Waals surface area contributed by atoms with Crippen LogP contribution in [-0.2, 0) is 0 Å². The van der Waals surface area contributed by atoms with Crippen molar-refractivity contribution in [1.82, 2.24) is 5.43 Å². The molecule has 0 aliphatic carbocycles. The van der Waals surface area contributed by atoms with Gasteiger partial charge in [-0.1, -0.05) is 6.07 Å². The van der Waals surface area contributed by atoms with Crippen molar-refractivity contribution in [3.05, 3.63) is 93.5 Å². The molecule has 3 aromatic carbocycles. The van der Waals surface area contributed by atoms with Crippen LogP contribution in [0.15, 0.2) is 71.8 Å². The molecule has 33 heavy (non-hydrogen) atoms. The van der Waals surface area contributed by atoms with Gasteiger partial charge in [-0.3, -0.25) is 14.9 Å². The third kappa shape index (κ3) is 5.91. The van der Waals surface area contributed by atoms with E-state index in [2.05, 4.69) is 10.5 Å². The molecule has 1 N–H and O–H groups in total. The Kier molecular flexibility index (Phi) is 7.32. The van der Waals surface area contributed by atoms with Crippen LogP contribution in [-0.4, -0.2) is 37.2 Å². The van der Waals surface area contributed by atoms with Crippen molar-refractivity contribution in [2.24, 2.45) is 5.10 Å². The Morgan fingerprint density at radius 2 is 1.67 bits per heavy atom. The Labute approximate surface area is 188 Å². The molecule has 0 bridgehead atoms. The van der Waals surface area contributed by atoms with Gasteiger partial charge in [-0.25, -0.2) is 10.2 Å². The molecule has 168 valence electrons. The van der Waals surface area contributed by atoms with Crippen molar-refractivity contribution in [2.75, 3.05) is 14.2 Å². The lowest BCUT2D eigenvalue weighted by Crippen LogP contribution is -2.17. The van der Waals surface area contributed by atoms with Gasteiger partial charge in [-0.15, -0.1) is 0 Å². The van der Waals surface area contributed by atoms with Gasteiger partial charge in [0, 0.05) is 17.7 Å². The molecular formula is C23H19N3O7. The molecule has 0 fully saturated rings. The molecule has 0 spiro atoms. The van der Waals surface area contributed by atoms with Crippen LogP contribution in [0.3, 0.4) is 0 Å². The lowest BCUT2D eigenvalue weighted by Gasteiger charge is -2.09. The van der Waals surface area contributed by atoms with E-state index < -0.39 is 16.8 Å². The molecule has 10 nitrogen and oxygen atoms in total. The number of non-ortho nitro benzene ring substituents is 1. The van der Waals surface area contributed by atoms with Crippen molar-refractivity contribution in [3.8, 4) is 17.2 Å². The largest absolute Gasteiger partial charge is 0.493 e. The Balaban J connectivity index is 1.59. The van der Waals surface area contributed by atoms with E-state index in [9.17, 15) is 19.7 Å². The minimum Gasteiger partial charge on any atom is -0.493 e. The van der Waals surface area contributed by atoms with Gasteiger partial charge in [0.05, 0.1) is 30.9 Å². The minimum absolute atomic E-state index is 0.110. The number of ether oxygens (including phenoxy) is 3. The molecule has 0 saturated carbocycles. The van der Waals surface area contributed by atoms with Crippen LogP contribution in [0.2, 0.25) is 0 Å². The van der Waals surface area contributed by atoms with E-state index in [1.807, 2.05) is 0 Å². The summed E-state index contributed by atoms with van der Waals surface area (Å²) in [6.07, 6.45) is 1.38. The summed E-state index contributed by atoms with van der Waals surface area (Å²) in [4.78, 5) is 34.7. The minimum atomic E-state index is -0.588. The number of carbonyl (C=O) groups is 2. The summed E-state index contributed by atoms with van der Waals surface area (Å²) in [6, 6.07) is 16.4. The standard InChI is InChI=1S/C23H19N3O7/c1-31-20-11-8-17(13-21(20)32-2)23(28)33-19-9-6-15(7-10-19)14-24-25-22(27)16-4-3-5-18(12-16)26(29)30/h3-14H,1-2H3,(H,25,27)/b24-14+. The highest BCUT2D eigenvalue weighted by Gasteiger charge is 2.13. The number of benzene rings is 3. The number of hydrazone groups is 1. The molecule has 10 heteroatoms. The summed E-state index contributed by atoms with van der Waals surface area (Å²) < 4.78 is 15.7. The highest BCUT2D eigenvalue weighted by molar-refractivity contribution is 5.95. The number of hydrogen-bond donors (Lipinski definition) is 1. The number of esters is 1. The first-order chi connectivity index (χ1) is 15.9. The van der Waals surface area contributed by atoms with E-state index >= 15 is 0 Å². The van der Waals surface area contributed by atoms with E-state index in [0.717, 1.165) is 6.07 Å². The van der Waals surface area contributed by atoms with E-state index in [1.54, 1.807) is 36.4 Å². The van der Waals surface area contributed by atoms with Gasteiger partial charge in [0.15, 0.2) is 11.5 Å². The monoisotopic (exact) mass is 449 g/mol. The summed E-state index contributed by atoms with van der Waals surface area (Å²) in [5.74, 6) is 0.0607. The number of amides is 1. The number of nitrogens with zero attached hydrogens (tertiary/aromatic N) is 2. The van der Waals surface area contributed by atoms with Crippen LogP contribution in [0, 0.1) is 10.1 Å². The van der Waals surface area contributed by atoms with Gasteiger partial charge in [-0.2, -0.15) is 5.10 Å². The molecule has 1 amide bonds. The van der Waals surface area contributed by atoms with Crippen LogP contribution in [0.5, 0.6) is 17.2 Å². The summed E-state index contributed by atoms with van der Waals surface area (Å²) in [6.45, 7) is 0. The van der Waals surface area contributed by atoms with Crippen molar-refractivity contribution in [2.45, 2.75) is 0 Å². The number of nitrogens with one attached hydrogen (secondary N) is 1. The summed E-state index contributed by atoms with van der Waals surface area (Å²) in [5, 5.41) is 14.6. The molecule has 0 atom stereocenters. The highest BCUT2D eigenvalue weighted by Crippen LogP contribution is 2.28. The summed E-state index contributed by atoms with van der Waals surface area (Å²) in [5.41, 5.74) is 3.14. The average molecular weight is 449 g/mol. The molecule has 3 aromatic rings. The first kappa shape index (κ1) is 22.9. The van der Waals surface area contributed by atoms with E-state index in [0.29, 0.717) is 28.4 Å². The Morgan fingerprint density at radius 3 is 2.33 bits per heavy atom. The molecular weight excluding hydrogens is 430 g/mol. The Bertz CT molecular complexity index is 1210. The maximum atomic E-state index is 12.4. The second kappa shape index (κ2) is 10.5. The van der Waals surface area contributed by atoms with Gasteiger partial charge in [0.1, 0.15) is 5.75 Å². The van der Waals surface area contributed by atoms with Crippen LogP contribution in [0.4, 0.5) is 5.69 Å². The van der Waals surface area contributed by atoms with Crippen molar-refractivity contribution < 1.29 is 28.7 Å². The molecule has 0 aliphatic heterocycles. The first-order valence-corrected chi connectivity index (χ1v) is 9.53. The Morgan fingerprint density at radius 1 is 0.939 bits per heavy atom. The molecule has 0 unspecified atom stereocenters. The second-order valence-electron chi connectivity index (χ2n) is 6.53. The van der Waals surface area contributed by atoms with Crippen LogP contribution < -0.4 is 19.6 Å². The van der Waals surface area contributed by atoms with Crippen LogP contribution >= 0.6 is 0 Å². The molecule has 3 rings (SSSR count). The van der Waals surface area contributed by atoms with Gasteiger partial charge in [0.2, 0.25) is 0 Å². The van der Waals surface area contributed by atoms with Gasteiger partial charge < -0.3 is 14.2 Å². The van der Waals surface area contributed by atoms with Crippen LogP contribution in [0.1, 0.15) is 26.3 Å². The highest BCUT2D eigenvalue weighted by atomic mass is 16.6. The third-order valence-corrected chi connectivity index (χ3v) is 4.41. The second-order valence-corrected chi connectivity index (χ2v) is 6.53. The zero-order valence-corrected chi connectivity index (χ0v) is 17.7. The van der Waals surface area contributed by atoms with Gasteiger partial charge in [0.25, 0.3) is 11.6 Å². The van der Waals surface area contributed by atoms with Gasteiger partial charge in [-0.05, 0) is 54.1 Å². The van der Waals surface area contributed by atoms with Crippen molar-refractivity contribution in [3.63, 3.8) is 0 Å². The maximum absolute atomic E-state index is 12.4. The number of nitro benzene ring substituents is 1. The zero-order valence-electron chi connectivity index (χ0n) is 17.7. The fourth-order valence-corrected chi connectivity index (χ4v) is 2.74. The first-order valence-electron chi connectivity index (χ1n) is 9.53. The third-order valence-electron chi connectivity index (χ3n) is 4.41. The molecule has 0 heterocycles. The Hall–Kier alpha value is -4.73. The maximum Gasteiger partial charge on any atom is 0.343 e. The number of rotatable bonds is 8. The van der Waals surface area contributed by atoms with E-state index in [4.69, 9.17) is 14.2 Å². The molecule has 0 radical (unpaired) electrons. The SMILES string of the molecule is COc1ccc(C(=O)Oc2ccc(/C=N/NC(=O)c3cccc([N+](=O)[O-])c3)cc2)cc1OC. The van der Waals surface area contributed by atoms with Crippen LogP contribution in [0.25, 0.3) is 0 Å². The topological polar surface area (TPSA) is 129 Å². The zero-order chi connectivity index (χ0) is 23.8. The molecule has 0 aliphatic rings. The fraction of sp³-hybridized carbons (Fsp3) is 0.0870. The van der Waals surface area contributed by atoms with Crippen molar-refractivity contribution >= 4 is 23.8 Å². The lowest BCUT2D eigenvalue weighted by molar-refractivity contribution is -0.384.